The molecule has 6 nitrogen and oxygen atoms in total. The molecule has 90 valence electrons. The molecule has 0 aliphatic carbocycles. The standard InChI is InChI=1S/C12H11N5O/c1-7-6-10(18)17-12(14-7)15-11(16-17)8-4-2-3-5-9(8)13/h2-6H,13H2,1H3,(H,14,15,16). The van der Waals surface area contributed by atoms with E-state index < -0.39 is 0 Å². The third kappa shape index (κ3) is 1.55. The van der Waals surface area contributed by atoms with Gasteiger partial charge in [0, 0.05) is 23.0 Å². The Morgan fingerprint density at radius 1 is 1.28 bits per heavy atom. The van der Waals surface area contributed by atoms with Crippen LogP contribution in [0.5, 0.6) is 0 Å². The number of nitrogens with zero attached hydrogens (tertiary/aromatic N) is 3. The first-order valence-corrected chi connectivity index (χ1v) is 5.46. The van der Waals surface area contributed by atoms with E-state index in [0.717, 1.165) is 5.56 Å². The summed E-state index contributed by atoms with van der Waals surface area (Å²) in [5.74, 6) is 0.876. The highest BCUT2D eigenvalue weighted by molar-refractivity contribution is 5.71. The fourth-order valence-corrected chi connectivity index (χ4v) is 1.83. The molecule has 0 unspecified atom stereocenters. The van der Waals surface area contributed by atoms with Crippen molar-refractivity contribution in [3.05, 3.63) is 46.4 Å². The number of para-hydroxylation sites is 1. The number of hydrogen-bond acceptors (Lipinski definition) is 4. The van der Waals surface area contributed by atoms with Crippen LogP contribution in [-0.2, 0) is 0 Å². The van der Waals surface area contributed by atoms with Crippen LogP contribution in [0, 0.1) is 6.92 Å². The second kappa shape index (κ2) is 3.69. The van der Waals surface area contributed by atoms with Gasteiger partial charge in [-0.3, -0.25) is 9.89 Å². The molecule has 0 aliphatic heterocycles. The molecular formula is C12H11N5O. The van der Waals surface area contributed by atoms with E-state index in [1.807, 2.05) is 18.2 Å². The molecule has 0 saturated carbocycles. The summed E-state index contributed by atoms with van der Waals surface area (Å²) in [6, 6.07) is 8.77. The number of benzene rings is 1. The first-order chi connectivity index (χ1) is 8.65. The van der Waals surface area contributed by atoms with Gasteiger partial charge >= 0.3 is 0 Å². The van der Waals surface area contributed by atoms with E-state index in [1.54, 1.807) is 13.0 Å². The largest absolute Gasteiger partial charge is 0.398 e. The maximum atomic E-state index is 11.7. The number of hydrogen-bond donors (Lipinski definition) is 2. The zero-order chi connectivity index (χ0) is 12.7. The summed E-state index contributed by atoms with van der Waals surface area (Å²) in [5.41, 5.74) is 7.67. The fourth-order valence-electron chi connectivity index (χ4n) is 1.83. The number of aromatic nitrogens is 4. The van der Waals surface area contributed by atoms with Crippen LogP contribution in [0.15, 0.2) is 35.1 Å². The molecule has 2 heterocycles. The van der Waals surface area contributed by atoms with Crippen molar-refractivity contribution < 1.29 is 0 Å². The molecule has 0 saturated heterocycles. The van der Waals surface area contributed by atoms with Gasteiger partial charge in [-0.2, -0.15) is 9.50 Å². The van der Waals surface area contributed by atoms with Gasteiger partial charge in [0.1, 0.15) is 0 Å². The average Bonchev–Trinajstić information content (AvgIpc) is 2.73. The number of anilines is 1. The Bertz CT molecular complexity index is 787. The quantitative estimate of drug-likeness (QED) is 0.621. The third-order valence-corrected chi connectivity index (χ3v) is 2.67. The molecule has 0 fully saturated rings. The number of aryl methyl sites for hydroxylation is 1. The van der Waals surface area contributed by atoms with E-state index in [1.165, 1.54) is 10.6 Å². The summed E-state index contributed by atoms with van der Waals surface area (Å²) in [6.07, 6.45) is 0. The maximum absolute atomic E-state index is 11.7. The van der Waals surface area contributed by atoms with Crippen LogP contribution in [0.25, 0.3) is 17.2 Å². The van der Waals surface area contributed by atoms with Crippen LogP contribution in [0.2, 0.25) is 0 Å². The third-order valence-electron chi connectivity index (χ3n) is 2.67. The van der Waals surface area contributed by atoms with Crippen molar-refractivity contribution >= 4 is 11.5 Å². The van der Waals surface area contributed by atoms with Crippen molar-refractivity contribution in [1.29, 1.82) is 0 Å². The van der Waals surface area contributed by atoms with Crippen molar-refractivity contribution in [3.63, 3.8) is 0 Å². The lowest BCUT2D eigenvalue weighted by Crippen LogP contribution is -2.14. The molecule has 0 aliphatic rings. The summed E-state index contributed by atoms with van der Waals surface area (Å²) >= 11 is 0. The van der Waals surface area contributed by atoms with Crippen LogP contribution in [0.1, 0.15) is 5.69 Å². The van der Waals surface area contributed by atoms with Gasteiger partial charge in [-0.25, -0.2) is 4.98 Å². The molecule has 0 radical (unpaired) electrons. The molecule has 2 aromatic heterocycles. The number of nitrogen functional groups attached to an aromatic ring is 1. The number of H-pyrrole nitrogens is 1. The highest BCUT2D eigenvalue weighted by Crippen LogP contribution is 2.21. The highest BCUT2D eigenvalue weighted by Gasteiger charge is 2.09. The van der Waals surface area contributed by atoms with Gasteiger partial charge < -0.3 is 5.73 Å². The molecule has 1 aromatic carbocycles. The number of fused-ring (bicyclic) bond motifs is 1. The van der Waals surface area contributed by atoms with Crippen LogP contribution in [0.4, 0.5) is 5.69 Å². The van der Waals surface area contributed by atoms with Crippen molar-refractivity contribution in [2.75, 3.05) is 5.73 Å². The Balaban J connectivity index is 2.30. The lowest BCUT2D eigenvalue weighted by atomic mass is 10.2. The summed E-state index contributed by atoms with van der Waals surface area (Å²) in [6.45, 7) is 1.76. The smallest absolute Gasteiger partial charge is 0.274 e. The highest BCUT2D eigenvalue weighted by atomic mass is 16.1. The van der Waals surface area contributed by atoms with E-state index in [2.05, 4.69) is 15.1 Å². The molecule has 0 amide bonds. The lowest BCUT2D eigenvalue weighted by Gasteiger charge is -1.99. The first kappa shape index (κ1) is 10.5. The van der Waals surface area contributed by atoms with Gasteiger partial charge in [-0.05, 0) is 19.1 Å². The molecule has 0 bridgehead atoms. The number of rotatable bonds is 1. The summed E-state index contributed by atoms with van der Waals surface area (Å²) in [7, 11) is 0. The summed E-state index contributed by atoms with van der Waals surface area (Å²) in [4.78, 5) is 20.2. The van der Waals surface area contributed by atoms with Gasteiger partial charge in [0.25, 0.3) is 11.3 Å². The summed E-state index contributed by atoms with van der Waals surface area (Å²) in [5, 5.41) is 2.90. The lowest BCUT2D eigenvalue weighted by molar-refractivity contribution is 0.892. The molecule has 6 heteroatoms. The number of aromatic amines is 1. The van der Waals surface area contributed by atoms with Crippen molar-refractivity contribution in [2.24, 2.45) is 0 Å². The molecular weight excluding hydrogens is 230 g/mol. The zero-order valence-electron chi connectivity index (χ0n) is 9.71. The van der Waals surface area contributed by atoms with E-state index in [4.69, 9.17) is 5.73 Å². The minimum absolute atomic E-state index is 0.189. The predicted octanol–water partition coefficient (Wildman–Crippen LogP) is 0.975. The van der Waals surface area contributed by atoms with Crippen LogP contribution in [0.3, 0.4) is 0 Å². The van der Waals surface area contributed by atoms with Crippen molar-refractivity contribution in [2.45, 2.75) is 6.92 Å². The number of nitrogens with one attached hydrogen (secondary N) is 1. The Morgan fingerprint density at radius 2 is 2.06 bits per heavy atom. The van der Waals surface area contributed by atoms with Crippen molar-refractivity contribution in [1.82, 2.24) is 19.6 Å². The normalized spacial score (nSPS) is 10.9. The molecule has 0 atom stereocenters. The molecule has 3 aromatic rings. The monoisotopic (exact) mass is 241 g/mol. The Kier molecular flexibility index (Phi) is 2.16. The minimum Gasteiger partial charge on any atom is -0.398 e. The van der Waals surface area contributed by atoms with E-state index in [-0.39, 0.29) is 5.56 Å². The van der Waals surface area contributed by atoms with Gasteiger partial charge in [0.05, 0.1) is 0 Å². The predicted molar refractivity (Wildman–Crippen MR) is 68.2 cm³/mol. The van der Waals surface area contributed by atoms with Crippen LogP contribution >= 0.6 is 0 Å². The Labute approximate surface area is 102 Å². The fraction of sp³-hybridized carbons (Fsp3) is 0.0833. The molecule has 18 heavy (non-hydrogen) atoms. The Morgan fingerprint density at radius 3 is 2.83 bits per heavy atom. The van der Waals surface area contributed by atoms with Crippen molar-refractivity contribution in [3.8, 4) is 11.4 Å². The second-order valence-electron chi connectivity index (χ2n) is 4.03. The van der Waals surface area contributed by atoms with E-state index >= 15 is 0 Å². The average molecular weight is 241 g/mol. The SMILES string of the molecule is Cc1cc(=O)n2[nH]c(-c3ccccc3N)nc2n1. The molecule has 3 N–H and O–H groups in total. The number of nitrogens with two attached hydrogens (primary N) is 1. The minimum atomic E-state index is -0.189. The van der Waals surface area contributed by atoms with Gasteiger partial charge in [0.15, 0.2) is 5.82 Å². The van der Waals surface area contributed by atoms with Crippen LogP contribution in [-0.4, -0.2) is 19.6 Å². The van der Waals surface area contributed by atoms with Gasteiger partial charge in [-0.1, -0.05) is 12.1 Å². The second-order valence-corrected chi connectivity index (χ2v) is 4.03. The molecule has 0 spiro atoms. The summed E-state index contributed by atoms with van der Waals surface area (Å²) < 4.78 is 1.30. The Hall–Kier alpha value is -2.63. The van der Waals surface area contributed by atoms with Gasteiger partial charge in [0.2, 0.25) is 0 Å². The first-order valence-electron chi connectivity index (χ1n) is 5.46. The van der Waals surface area contributed by atoms with Crippen LogP contribution < -0.4 is 11.3 Å². The topological polar surface area (TPSA) is 89.1 Å². The van der Waals surface area contributed by atoms with E-state index in [9.17, 15) is 4.79 Å². The molecule has 3 rings (SSSR count). The zero-order valence-corrected chi connectivity index (χ0v) is 9.71. The maximum Gasteiger partial charge on any atom is 0.274 e. The van der Waals surface area contributed by atoms with Gasteiger partial charge in [-0.15, -0.1) is 0 Å². The van der Waals surface area contributed by atoms with E-state index in [0.29, 0.717) is 23.0 Å².